The number of hydrogen-bond acceptors (Lipinski definition) is 3. The molecule has 0 aromatic rings. The molecule has 4 heteroatoms. The summed E-state index contributed by atoms with van der Waals surface area (Å²) in [5.74, 6) is 0.630. The minimum absolute atomic E-state index is 0.124. The van der Waals surface area contributed by atoms with Crippen molar-refractivity contribution in [3.05, 3.63) is 0 Å². The second-order valence-corrected chi connectivity index (χ2v) is 8.56. The van der Waals surface area contributed by atoms with Crippen LogP contribution in [-0.4, -0.2) is 32.0 Å². The number of nitrogens with one attached hydrogen (secondary N) is 1. The molecule has 1 rings (SSSR count). The summed E-state index contributed by atoms with van der Waals surface area (Å²) in [6.07, 6.45) is 3.18. The normalized spacial score (nSPS) is 19.8. The first kappa shape index (κ1) is 14.0. The van der Waals surface area contributed by atoms with Crippen molar-refractivity contribution in [1.82, 2.24) is 5.32 Å². The van der Waals surface area contributed by atoms with Gasteiger partial charge in [0.15, 0.2) is 0 Å². The summed E-state index contributed by atoms with van der Waals surface area (Å²) in [4.78, 5) is 0. The molecule has 1 aliphatic carbocycles. The average molecular weight is 247 g/mol. The first-order chi connectivity index (χ1) is 7.18. The molecule has 0 unspecified atom stereocenters. The fraction of sp³-hybridized carbons (Fsp3) is 1.00. The van der Waals surface area contributed by atoms with Crippen LogP contribution < -0.4 is 5.32 Å². The third kappa shape index (κ3) is 4.83. The lowest BCUT2D eigenvalue weighted by atomic mass is 10.0. The lowest BCUT2D eigenvalue weighted by Crippen LogP contribution is -2.40. The van der Waals surface area contributed by atoms with Gasteiger partial charge in [-0.1, -0.05) is 6.92 Å². The van der Waals surface area contributed by atoms with Gasteiger partial charge in [0.05, 0.1) is 5.75 Å². The summed E-state index contributed by atoms with van der Waals surface area (Å²) >= 11 is 0. The highest BCUT2D eigenvalue weighted by Gasteiger charge is 2.43. The molecule has 96 valence electrons. The number of sulfone groups is 1. The third-order valence-corrected chi connectivity index (χ3v) is 5.04. The summed E-state index contributed by atoms with van der Waals surface area (Å²) in [6.45, 7) is 9.11. The van der Waals surface area contributed by atoms with Crippen molar-refractivity contribution in [1.29, 1.82) is 0 Å². The van der Waals surface area contributed by atoms with E-state index in [-0.39, 0.29) is 16.7 Å². The highest BCUT2D eigenvalue weighted by Crippen LogP contribution is 2.48. The van der Waals surface area contributed by atoms with Crippen LogP contribution in [-0.2, 0) is 9.84 Å². The molecular formula is C12H25NO2S. The molecule has 1 fully saturated rings. The largest absolute Gasteiger partial charge is 0.312 e. The second kappa shape index (κ2) is 4.65. The Kier molecular flexibility index (Phi) is 4.06. The van der Waals surface area contributed by atoms with E-state index in [2.05, 4.69) is 26.1 Å². The molecule has 0 spiro atoms. The zero-order chi connectivity index (χ0) is 12.4. The minimum Gasteiger partial charge on any atom is -0.312 e. The maximum atomic E-state index is 11.5. The van der Waals surface area contributed by atoms with Crippen molar-refractivity contribution in [3.8, 4) is 0 Å². The Labute approximate surface area is 99.9 Å². The SMILES string of the molecule is CCS(=O)(=O)CCC1(CNC(C)(C)C)CC1. The van der Waals surface area contributed by atoms with E-state index < -0.39 is 9.84 Å². The van der Waals surface area contributed by atoms with E-state index in [1.807, 2.05) is 0 Å². The van der Waals surface area contributed by atoms with Crippen LogP contribution in [0, 0.1) is 5.41 Å². The summed E-state index contributed by atoms with van der Waals surface area (Å²) in [5.41, 5.74) is 0.398. The fourth-order valence-electron chi connectivity index (χ4n) is 1.66. The standard InChI is InChI=1S/C12H25NO2S/c1-5-16(14,15)9-8-12(6-7-12)10-13-11(2,3)4/h13H,5-10H2,1-4H3. The molecule has 0 aromatic heterocycles. The predicted octanol–water partition coefficient (Wildman–Crippen LogP) is 1.98. The van der Waals surface area contributed by atoms with Gasteiger partial charge in [-0.3, -0.25) is 0 Å². The molecule has 0 amide bonds. The number of hydrogen-bond donors (Lipinski definition) is 1. The lowest BCUT2D eigenvalue weighted by molar-refractivity contribution is 0.352. The van der Waals surface area contributed by atoms with Crippen molar-refractivity contribution < 1.29 is 8.42 Å². The molecule has 1 aliphatic rings. The summed E-state index contributed by atoms with van der Waals surface area (Å²) < 4.78 is 22.9. The smallest absolute Gasteiger partial charge is 0.150 e. The van der Waals surface area contributed by atoms with Crippen LogP contribution in [0.3, 0.4) is 0 Å². The Bertz CT molecular complexity index is 323. The molecule has 0 aliphatic heterocycles. The Morgan fingerprint density at radius 1 is 1.25 bits per heavy atom. The topological polar surface area (TPSA) is 46.2 Å². The van der Waals surface area contributed by atoms with E-state index >= 15 is 0 Å². The number of rotatable bonds is 6. The minimum atomic E-state index is -2.79. The summed E-state index contributed by atoms with van der Waals surface area (Å²) in [7, 11) is -2.79. The van der Waals surface area contributed by atoms with Crippen LogP contribution in [0.1, 0.15) is 47.0 Å². The monoisotopic (exact) mass is 247 g/mol. The maximum Gasteiger partial charge on any atom is 0.150 e. The molecule has 0 radical (unpaired) electrons. The van der Waals surface area contributed by atoms with E-state index in [1.165, 1.54) is 12.8 Å². The van der Waals surface area contributed by atoms with Crippen LogP contribution in [0.4, 0.5) is 0 Å². The van der Waals surface area contributed by atoms with Crippen LogP contribution >= 0.6 is 0 Å². The molecule has 0 atom stereocenters. The average Bonchev–Trinajstić information content (AvgIpc) is 2.92. The molecular weight excluding hydrogens is 222 g/mol. The quantitative estimate of drug-likeness (QED) is 0.780. The van der Waals surface area contributed by atoms with E-state index in [4.69, 9.17) is 0 Å². The third-order valence-electron chi connectivity index (χ3n) is 3.33. The molecule has 0 heterocycles. The first-order valence-electron chi connectivity index (χ1n) is 6.14. The van der Waals surface area contributed by atoms with Crippen molar-refractivity contribution >= 4 is 9.84 Å². The molecule has 1 N–H and O–H groups in total. The molecule has 0 aromatic carbocycles. The zero-order valence-corrected chi connectivity index (χ0v) is 11.8. The fourth-order valence-corrected chi connectivity index (χ4v) is 2.69. The van der Waals surface area contributed by atoms with Crippen molar-refractivity contribution in [3.63, 3.8) is 0 Å². The molecule has 3 nitrogen and oxygen atoms in total. The van der Waals surface area contributed by atoms with Gasteiger partial charge in [0, 0.05) is 17.8 Å². The van der Waals surface area contributed by atoms with Crippen molar-refractivity contribution in [2.24, 2.45) is 5.41 Å². The zero-order valence-electron chi connectivity index (χ0n) is 11.0. The van der Waals surface area contributed by atoms with Crippen molar-refractivity contribution in [2.75, 3.05) is 18.1 Å². The Morgan fingerprint density at radius 3 is 2.19 bits per heavy atom. The van der Waals surface area contributed by atoms with Gasteiger partial charge in [-0.05, 0) is 45.4 Å². The van der Waals surface area contributed by atoms with Gasteiger partial charge in [-0.25, -0.2) is 8.42 Å². The molecule has 0 saturated heterocycles. The van der Waals surface area contributed by atoms with Gasteiger partial charge >= 0.3 is 0 Å². The van der Waals surface area contributed by atoms with Crippen molar-refractivity contribution in [2.45, 2.75) is 52.5 Å². The highest BCUT2D eigenvalue weighted by molar-refractivity contribution is 7.91. The van der Waals surface area contributed by atoms with Gasteiger partial charge < -0.3 is 5.32 Å². The second-order valence-electron chi connectivity index (χ2n) is 6.09. The Morgan fingerprint density at radius 2 is 1.81 bits per heavy atom. The van der Waals surface area contributed by atoms with E-state index in [0.29, 0.717) is 5.75 Å². The van der Waals surface area contributed by atoms with Crippen LogP contribution in [0.25, 0.3) is 0 Å². The van der Waals surface area contributed by atoms with Gasteiger partial charge in [-0.2, -0.15) is 0 Å². The molecule has 1 saturated carbocycles. The molecule has 16 heavy (non-hydrogen) atoms. The van der Waals surface area contributed by atoms with E-state index in [0.717, 1.165) is 13.0 Å². The van der Waals surface area contributed by atoms with Gasteiger partial charge in [0.25, 0.3) is 0 Å². The van der Waals surface area contributed by atoms with Crippen LogP contribution in [0.15, 0.2) is 0 Å². The Hall–Kier alpha value is -0.0900. The Balaban J connectivity index is 2.37. The van der Waals surface area contributed by atoms with Crippen LogP contribution in [0.5, 0.6) is 0 Å². The van der Waals surface area contributed by atoms with E-state index in [9.17, 15) is 8.42 Å². The van der Waals surface area contributed by atoms with E-state index in [1.54, 1.807) is 6.92 Å². The first-order valence-corrected chi connectivity index (χ1v) is 7.96. The van der Waals surface area contributed by atoms with Gasteiger partial charge in [-0.15, -0.1) is 0 Å². The maximum absolute atomic E-state index is 11.5. The van der Waals surface area contributed by atoms with Crippen LogP contribution in [0.2, 0.25) is 0 Å². The summed E-state index contributed by atoms with van der Waals surface area (Å²) in [6, 6.07) is 0. The summed E-state index contributed by atoms with van der Waals surface area (Å²) in [5, 5.41) is 3.48. The van der Waals surface area contributed by atoms with Gasteiger partial charge in [0.1, 0.15) is 9.84 Å². The predicted molar refractivity (Wildman–Crippen MR) is 68.4 cm³/mol. The van der Waals surface area contributed by atoms with Gasteiger partial charge in [0.2, 0.25) is 0 Å². The lowest BCUT2D eigenvalue weighted by Gasteiger charge is -2.25. The molecule has 0 bridgehead atoms. The highest BCUT2D eigenvalue weighted by atomic mass is 32.2.